The van der Waals surface area contributed by atoms with Gasteiger partial charge < -0.3 is 5.73 Å². The smallest absolute Gasteiger partial charge is 0.156 e. The highest BCUT2D eigenvalue weighted by molar-refractivity contribution is 9.10. The zero-order valence-corrected chi connectivity index (χ0v) is 12.7. The molecule has 1 heterocycles. The largest absolute Gasteiger partial charge is 0.328 e. The van der Waals surface area contributed by atoms with E-state index in [-0.39, 0.29) is 17.5 Å². The minimum Gasteiger partial charge on any atom is -0.328 e. The van der Waals surface area contributed by atoms with Crippen LogP contribution in [-0.2, 0) is 22.6 Å². The molecule has 0 aromatic carbocycles. The zero-order valence-electron chi connectivity index (χ0n) is 10.3. The third-order valence-electron chi connectivity index (χ3n) is 2.50. The first-order valence-corrected chi connectivity index (χ1v) is 7.98. The Hall–Kier alpha value is -0.400. The van der Waals surface area contributed by atoms with E-state index >= 15 is 0 Å². The molecule has 1 unspecified atom stereocenters. The van der Waals surface area contributed by atoms with Crippen molar-refractivity contribution in [2.24, 2.45) is 12.8 Å². The van der Waals surface area contributed by atoms with Crippen LogP contribution in [0.25, 0.3) is 0 Å². The second-order valence-electron chi connectivity index (χ2n) is 4.33. The van der Waals surface area contributed by atoms with Crippen LogP contribution in [0.4, 0.5) is 0 Å². The lowest BCUT2D eigenvalue weighted by molar-refractivity contribution is 0.583. The second kappa shape index (κ2) is 5.49. The Labute approximate surface area is 110 Å². The molecule has 0 fully saturated rings. The van der Waals surface area contributed by atoms with Crippen molar-refractivity contribution in [1.82, 2.24) is 9.78 Å². The summed E-state index contributed by atoms with van der Waals surface area (Å²) < 4.78 is 26.2. The molecular weight excluding hydrogens is 306 g/mol. The molecule has 1 aromatic rings. The number of halogens is 1. The molecule has 0 spiro atoms. The number of aromatic nitrogens is 2. The Balaban J connectivity index is 2.83. The molecule has 0 bridgehead atoms. The SMILES string of the molecule is Cc1nn(C)c(CS(=O)(=O)CCC(C)N)c1Br. The lowest BCUT2D eigenvalue weighted by Gasteiger charge is -2.07. The van der Waals surface area contributed by atoms with Gasteiger partial charge in [0.05, 0.1) is 27.4 Å². The van der Waals surface area contributed by atoms with Crippen LogP contribution < -0.4 is 5.73 Å². The Morgan fingerprint density at radius 3 is 2.53 bits per heavy atom. The van der Waals surface area contributed by atoms with E-state index in [4.69, 9.17) is 5.73 Å². The molecule has 1 aromatic heterocycles. The van der Waals surface area contributed by atoms with Gasteiger partial charge in [-0.2, -0.15) is 5.10 Å². The van der Waals surface area contributed by atoms with Gasteiger partial charge in [-0.3, -0.25) is 4.68 Å². The molecule has 7 heteroatoms. The molecule has 0 radical (unpaired) electrons. The first-order valence-electron chi connectivity index (χ1n) is 5.37. The summed E-state index contributed by atoms with van der Waals surface area (Å²) in [7, 11) is -1.39. The van der Waals surface area contributed by atoms with Crippen molar-refractivity contribution in [3.05, 3.63) is 15.9 Å². The van der Waals surface area contributed by atoms with Gasteiger partial charge in [0.1, 0.15) is 0 Å². The first-order chi connectivity index (χ1) is 7.73. The van der Waals surface area contributed by atoms with Gasteiger partial charge in [0.2, 0.25) is 0 Å². The van der Waals surface area contributed by atoms with Gasteiger partial charge in [0.25, 0.3) is 0 Å². The highest BCUT2D eigenvalue weighted by Gasteiger charge is 2.19. The minimum atomic E-state index is -3.13. The Bertz CT molecular complexity index is 494. The van der Waals surface area contributed by atoms with Crippen molar-refractivity contribution in [3.63, 3.8) is 0 Å². The third kappa shape index (κ3) is 4.08. The summed E-state index contributed by atoms with van der Waals surface area (Å²) >= 11 is 3.36. The van der Waals surface area contributed by atoms with Crippen molar-refractivity contribution in [1.29, 1.82) is 0 Å². The molecule has 1 atom stereocenters. The molecule has 0 amide bonds. The molecule has 0 saturated carbocycles. The van der Waals surface area contributed by atoms with Gasteiger partial charge in [0.15, 0.2) is 9.84 Å². The van der Waals surface area contributed by atoms with Crippen LogP contribution in [0.2, 0.25) is 0 Å². The van der Waals surface area contributed by atoms with Gasteiger partial charge in [-0.15, -0.1) is 0 Å². The highest BCUT2D eigenvalue weighted by Crippen LogP contribution is 2.22. The molecule has 5 nitrogen and oxygen atoms in total. The Kier molecular flexibility index (Phi) is 4.74. The standard InChI is InChI=1S/C10H18BrN3O2S/c1-7(12)4-5-17(15,16)6-9-10(11)8(2)13-14(9)3/h7H,4-6,12H2,1-3H3. The minimum absolute atomic E-state index is 0.00234. The summed E-state index contributed by atoms with van der Waals surface area (Å²) in [6.45, 7) is 3.64. The quantitative estimate of drug-likeness (QED) is 0.881. The van der Waals surface area contributed by atoms with E-state index in [1.165, 1.54) is 0 Å². The first kappa shape index (κ1) is 14.7. The number of hydrogen-bond acceptors (Lipinski definition) is 4. The summed E-state index contributed by atoms with van der Waals surface area (Å²) in [5.41, 5.74) is 7.05. The van der Waals surface area contributed by atoms with Crippen LogP contribution in [0.3, 0.4) is 0 Å². The van der Waals surface area contributed by atoms with Crippen LogP contribution in [-0.4, -0.2) is 30.0 Å². The van der Waals surface area contributed by atoms with Crippen molar-refractivity contribution in [2.45, 2.75) is 32.1 Å². The van der Waals surface area contributed by atoms with E-state index in [1.807, 2.05) is 6.92 Å². The summed E-state index contributed by atoms with van der Waals surface area (Å²) in [6, 6.07) is -0.0958. The second-order valence-corrected chi connectivity index (χ2v) is 7.30. The molecule has 1 rings (SSSR count). The lowest BCUT2D eigenvalue weighted by Crippen LogP contribution is -2.21. The average Bonchev–Trinajstić information content (AvgIpc) is 2.42. The van der Waals surface area contributed by atoms with Crippen LogP contribution in [0.5, 0.6) is 0 Å². The fourth-order valence-corrected chi connectivity index (χ4v) is 3.77. The Morgan fingerprint density at radius 1 is 1.53 bits per heavy atom. The molecule has 0 aliphatic rings. The normalized spacial score (nSPS) is 13.9. The lowest BCUT2D eigenvalue weighted by atomic mass is 10.3. The number of hydrogen-bond donors (Lipinski definition) is 1. The van der Waals surface area contributed by atoms with Gasteiger partial charge >= 0.3 is 0 Å². The topological polar surface area (TPSA) is 78.0 Å². The van der Waals surface area contributed by atoms with Crippen LogP contribution >= 0.6 is 15.9 Å². The summed E-state index contributed by atoms with van der Waals surface area (Å²) in [4.78, 5) is 0. The predicted molar refractivity (Wildman–Crippen MR) is 71.4 cm³/mol. The number of rotatable bonds is 5. The summed E-state index contributed by atoms with van der Waals surface area (Å²) in [6.07, 6.45) is 0.483. The summed E-state index contributed by atoms with van der Waals surface area (Å²) in [5.74, 6) is 0.110. The highest BCUT2D eigenvalue weighted by atomic mass is 79.9. The third-order valence-corrected chi connectivity index (χ3v) is 5.10. The maximum atomic E-state index is 11.9. The van der Waals surface area contributed by atoms with Gasteiger partial charge in [0, 0.05) is 13.1 Å². The van der Waals surface area contributed by atoms with E-state index in [9.17, 15) is 8.42 Å². The average molecular weight is 324 g/mol. The van der Waals surface area contributed by atoms with Crippen LogP contribution in [0.1, 0.15) is 24.7 Å². The molecule has 2 N–H and O–H groups in total. The van der Waals surface area contributed by atoms with E-state index < -0.39 is 9.84 Å². The van der Waals surface area contributed by atoms with Crippen molar-refractivity contribution < 1.29 is 8.42 Å². The predicted octanol–water partition coefficient (Wildman–Crippen LogP) is 1.14. The van der Waals surface area contributed by atoms with E-state index in [2.05, 4.69) is 21.0 Å². The molecular formula is C10H18BrN3O2S. The van der Waals surface area contributed by atoms with Crippen molar-refractivity contribution in [3.8, 4) is 0 Å². The monoisotopic (exact) mass is 323 g/mol. The number of sulfone groups is 1. The molecule has 0 aliphatic carbocycles. The number of nitrogens with zero attached hydrogens (tertiary/aromatic N) is 2. The van der Waals surface area contributed by atoms with Crippen LogP contribution in [0.15, 0.2) is 4.47 Å². The molecule has 0 saturated heterocycles. The van der Waals surface area contributed by atoms with Gasteiger partial charge in [-0.05, 0) is 36.2 Å². The summed E-state index contributed by atoms with van der Waals surface area (Å²) in [5, 5.41) is 4.17. The maximum absolute atomic E-state index is 11.9. The van der Waals surface area contributed by atoms with Crippen molar-refractivity contribution >= 4 is 25.8 Å². The molecule has 0 aliphatic heterocycles. The fourth-order valence-electron chi connectivity index (χ4n) is 1.48. The number of nitrogens with two attached hydrogens (primary N) is 1. The van der Waals surface area contributed by atoms with E-state index in [0.29, 0.717) is 12.1 Å². The van der Waals surface area contributed by atoms with E-state index in [0.717, 1.165) is 10.2 Å². The molecule has 98 valence electrons. The Morgan fingerprint density at radius 2 is 2.12 bits per heavy atom. The number of aryl methyl sites for hydroxylation is 2. The van der Waals surface area contributed by atoms with Crippen LogP contribution in [0, 0.1) is 6.92 Å². The van der Waals surface area contributed by atoms with Gasteiger partial charge in [-0.25, -0.2) is 8.42 Å². The zero-order chi connectivity index (χ0) is 13.2. The maximum Gasteiger partial charge on any atom is 0.156 e. The van der Waals surface area contributed by atoms with E-state index in [1.54, 1.807) is 18.7 Å². The van der Waals surface area contributed by atoms with Gasteiger partial charge in [-0.1, -0.05) is 0 Å². The fraction of sp³-hybridized carbons (Fsp3) is 0.700. The molecule has 17 heavy (non-hydrogen) atoms. The van der Waals surface area contributed by atoms with Crippen molar-refractivity contribution in [2.75, 3.05) is 5.75 Å².